The zero-order chi connectivity index (χ0) is 10.6. The maximum Gasteiger partial charge on any atom is 0.0170 e. The van der Waals surface area contributed by atoms with Crippen LogP contribution in [0.3, 0.4) is 0 Å². The molecule has 0 radical (unpaired) electrons. The van der Waals surface area contributed by atoms with Crippen LogP contribution in [-0.4, -0.2) is 12.1 Å². The van der Waals surface area contributed by atoms with Gasteiger partial charge < -0.3 is 5.32 Å². The SMILES string of the molecule is CC(=Cc1ccsc1)CNC(C)(C)C. The molecule has 2 heteroatoms. The molecule has 1 aromatic rings. The number of rotatable bonds is 3. The van der Waals surface area contributed by atoms with Gasteiger partial charge in [0.15, 0.2) is 0 Å². The lowest BCUT2D eigenvalue weighted by molar-refractivity contribution is 0.445. The van der Waals surface area contributed by atoms with Gasteiger partial charge in [-0.3, -0.25) is 0 Å². The van der Waals surface area contributed by atoms with Crippen molar-refractivity contribution in [2.24, 2.45) is 0 Å². The van der Waals surface area contributed by atoms with E-state index in [1.54, 1.807) is 11.3 Å². The monoisotopic (exact) mass is 209 g/mol. The lowest BCUT2D eigenvalue weighted by Gasteiger charge is -2.20. The first-order valence-corrected chi connectivity index (χ1v) is 5.86. The van der Waals surface area contributed by atoms with Crippen molar-refractivity contribution in [3.05, 3.63) is 28.0 Å². The maximum atomic E-state index is 3.47. The van der Waals surface area contributed by atoms with Crippen LogP contribution in [0, 0.1) is 0 Å². The van der Waals surface area contributed by atoms with Crippen LogP contribution in [0.5, 0.6) is 0 Å². The van der Waals surface area contributed by atoms with Gasteiger partial charge in [0.1, 0.15) is 0 Å². The van der Waals surface area contributed by atoms with Gasteiger partial charge >= 0.3 is 0 Å². The van der Waals surface area contributed by atoms with Crippen LogP contribution in [0.1, 0.15) is 33.3 Å². The lowest BCUT2D eigenvalue weighted by Crippen LogP contribution is -2.36. The number of hydrogen-bond acceptors (Lipinski definition) is 2. The summed E-state index contributed by atoms with van der Waals surface area (Å²) in [7, 11) is 0. The maximum absolute atomic E-state index is 3.47. The molecule has 0 saturated heterocycles. The van der Waals surface area contributed by atoms with E-state index in [0.717, 1.165) is 6.54 Å². The Morgan fingerprint density at radius 3 is 2.71 bits per heavy atom. The van der Waals surface area contributed by atoms with Gasteiger partial charge in [-0.15, -0.1) is 0 Å². The highest BCUT2D eigenvalue weighted by Gasteiger charge is 2.07. The van der Waals surface area contributed by atoms with Gasteiger partial charge in [0.2, 0.25) is 0 Å². The van der Waals surface area contributed by atoms with E-state index in [4.69, 9.17) is 0 Å². The van der Waals surface area contributed by atoms with Gasteiger partial charge in [0, 0.05) is 12.1 Å². The van der Waals surface area contributed by atoms with Crippen LogP contribution in [0.15, 0.2) is 22.4 Å². The first kappa shape index (κ1) is 11.5. The van der Waals surface area contributed by atoms with Gasteiger partial charge in [-0.1, -0.05) is 11.6 Å². The predicted molar refractivity (Wildman–Crippen MR) is 65.7 cm³/mol. The fourth-order valence-corrected chi connectivity index (χ4v) is 1.72. The van der Waals surface area contributed by atoms with Gasteiger partial charge in [0.25, 0.3) is 0 Å². The Balaban J connectivity index is 2.46. The molecule has 0 fully saturated rings. The van der Waals surface area contributed by atoms with Crippen molar-refractivity contribution in [1.29, 1.82) is 0 Å². The van der Waals surface area contributed by atoms with Gasteiger partial charge in [-0.2, -0.15) is 11.3 Å². The van der Waals surface area contributed by atoms with Crippen molar-refractivity contribution in [2.45, 2.75) is 33.2 Å². The first-order chi connectivity index (χ1) is 6.47. The van der Waals surface area contributed by atoms with Crippen molar-refractivity contribution < 1.29 is 0 Å². The van der Waals surface area contributed by atoms with Crippen LogP contribution in [0.4, 0.5) is 0 Å². The molecule has 0 bridgehead atoms. The minimum atomic E-state index is 0.198. The minimum Gasteiger partial charge on any atom is -0.308 e. The summed E-state index contributed by atoms with van der Waals surface area (Å²) >= 11 is 1.74. The summed E-state index contributed by atoms with van der Waals surface area (Å²) in [6.07, 6.45) is 2.23. The third kappa shape index (κ3) is 4.58. The molecule has 78 valence electrons. The Labute approximate surface area is 90.9 Å². The molecule has 1 N–H and O–H groups in total. The summed E-state index contributed by atoms with van der Waals surface area (Å²) in [4.78, 5) is 0. The summed E-state index contributed by atoms with van der Waals surface area (Å²) < 4.78 is 0. The molecule has 0 spiro atoms. The molecule has 0 amide bonds. The normalized spacial score (nSPS) is 13.3. The molecule has 0 aliphatic heterocycles. The summed E-state index contributed by atoms with van der Waals surface area (Å²) in [6, 6.07) is 2.14. The second kappa shape index (κ2) is 4.76. The van der Waals surface area contributed by atoms with Crippen LogP contribution < -0.4 is 5.32 Å². The smallest absolute Gasteiger partial charge is 0.0170 e. The quantitative estimate of drug-likeness (QED) is 0.803. The van der Waals surface area contributed by atoms with Crippen molar-refractivity contribution in [2.75, 3.05) is 6.54 Å². The zero-order valence-corrected chi connectivity index (χ0v) is 10.2. The summed E-state index contributed by atoms with van der Waals surface area (Å²) in [5.74, 6) is 0. The average Bonchev–Trinajstić information content (AvgIpc) is 2.52. The Kier molecular flexibility index (Phi) is 3.90. The van der Waals surface area contributed by atoms with E-state index in [1.807, 2.05) is 0 Å². The molecular formula is C12H19NS. The Morgan fingerprint density at radius 1 is 1.50 bits per heavy atom. The largest absolute Gasteiger partial charge is 0.308 e. The van der Waals surface area contributed by atoms with E-state index in [-0.39, 0.29) is 5.54 Å². The van der Waals surface area contributed by atoms with Crippen molar-refractivity contribution in [1.82, 2.24) is 5.32 Å². The van der Waals surface area contributed by atoms with Gasteiger partial charge in [-0.25, -0.2) is 0 Å². The van der Waals surface area contributed by atoms with E-state index in [9.17, 15) is 0 Å². The molecule has 0 aromatic carbocycles. The summed E-state index contributed by atoms with van der Waals surface area (Å²) in [5, 5.41) is 7.74. The van der Waals surface area contributed by atoms with E-state index >= 15 is 0 Å². The minimum absolute atomic E-state index is 0.198. The third-order valence-electron chi connectivity index (χ3n) is 1.85. The second-order valence-electron chi connectivity index (χ2n) is 4.65. The molecule has 0 unspecified atom stereocenters. The molecule has 0 saturated carbocycles. The lowest BCUT2D eigenvalue weighted by atomic mass is 10.1. The summed E-state index contributed by atoms with van der Waals surface area (Å²) in [5.41, 5.74) is 2.88. The highest BCUT2D eigenvalue weighted by molar-refractivity contribution is 7.08. The molecule has 1 heterocycles. The van der Waals surface area contributed by atoms with Crippen LogP contribution in [0.25, 0.3) is 6.08 Å². The van der Waals surface area contributed by atoms with Gasteiger partial charge in [-0.05, 0) is 50.1 Å². The van der Waals surface area contributed by atoms with Crippen molar-refractivity contribution >= 4 is 17.4 Å². The molecule has 1 nitrogen and oxygen atoms in total. The number of hydrogen-bond donors (Lipinski definition) is 1. The highest BCUT2D eigenvalue weighted by Crippen LogP contribution is 2.11. The van der Waals surface area contributed by atoms with E-state index in [2.05, 4.69) is 55.9 Å². The average molecular weight is 209 g/mol. The van der Waals surface area contributed by atoms with Crippen LogP contribution in [-0.2, 0) is 0 Å². The molecule has 0 atom stereocenters. The fraction of sp³-hybridized carbons (Fsp3) is 0.500. The van der Waals surface area contributed by atoms with E-state index in [0.29, 0.717) is 0 Å². The zero-order valence-electron chi connectivity index (χ0n) is 9.42. The Hall–Kier alpha value is -0.600. The molecular weight excluding hydrogens is 190 g/mol. The second-order valence-corrected chi connectivity index (χ2v) is 5.43. The highest BCUT2D eigenvalue weighted by atomic mass is 32.1. The van der Waals surface area contributed by atoms with Crippen molar-refractivity contribution in [3.63, 3.8) is 0 Å². The van der Waals surface area contributed by atoms with E-state index in [1.165, 1.54) is 11.1 Å². The third-order valence-corrected chi connectivity index (χ3v) is 2.56. The number of nitrogens with one attached hydrogen (secondary N) is 1. The molecule has 0 aliphatic rings. The van der Waals surface area contributed by atoms with Crippen LogP contribution >= 0.6 is 11.3 Å². The fourth-order valence-electron chi connectivity index (χ4n) is 1.10. The van der Waals surface area contributed by atoms with Gasteiger partial charge in [0.05, 0.1) is 0 Å². The molecule has 0 aliphatic carbocycles. The Morgan fingerprint density at radius 2 is 2.21 bits per heavy atom. The Bertz CT molecular complexity index is 291. The predicted octanol–water partition coefficient (Wildman–Crippen LogP) is 3.54. The van der Waals surface area contributed by atoms with Crippen molar-refractivity contribution in [3.8, 4) is 0 Å². The van der Waals surface area contributed by atoms with E-state index < -0.39 is 0 Å². The number of thiophene rings is 1. The summed E-state index contributed by atoms with van der Waals surface area (Å²) in [6.45, 7) is 9.68. The molecule has 1 rings (SSSR count). The first-order valence-electron chi connectivity index (χ1n) is 4.92. The topological polar surface area (TPSA) is 12.0 Å². The molecule has 14 heavy (non-hydrogen) atoms. The standard InChI is InChI=1S/C12H19NS/c1-10(8-13-12(2,3)4)7-11-5-6-14-9-11/h5-7,9,13H,8H2,1-4H3. The van der Waals surface area contributed by atoms with Crippen LogP contribution in [0.2, 0.25) is 0 Å². The molecule has 1 aromatic heterocycles.